The minimum Gasteiger partial charge on any atom is -0.459 e. The molecule has 0 aliphatic carbocycles. The molecule has 0 unspecified atom stereocenters. The van der Waals surface area contributed by atoms with E-state index in [0.717, 1.165) is 25.1 Å². The summed E-state index contributed by atoms with van der Waals surface area (Å²) in [5, 5.41) is 9.46. The smallest absolute Gasteiger partial charge is 0.291 e. The average Bonchev–Trinajstić information content (AvgIpc) is 3.16. The third-order valence-electron chi connectivity index (χ3n) is 3.12. The van der Waals surface area contributed by atoms with Crippen molar-refractivity contribution >= 4 is 28.2 Å². The molecule has 0 spiro atoms. The zero-order chi connectivity index (χ0) is 16.7. The van der Waals surface area contributed by atoms with Crippen molar-refractivity contribution in [3.8, 4) is 0 Å². The molecule has 0 saturated carbocycles. The van der Waals surface area contributed by atoms with Crippen molar-refractivity contribution < 1.29 is 14.0 Å². The molecule has 0 aliphatic rings. The van der Waals surface area contributed by atoms with Crippen molar-refractivity contribution in [2.45, 2.75) is 20.3 Å². The molecular weight excluding hydrogens is 314 g/mol. The Labute approximate surface area is 139 Å². The Morgan fingerprint density at radius 1 is 1.22 bits per heavy atom. The molecule has 6 nitrogen and oxygen atoms in total. The molecule has 0 saturated heterocycles. The molecule has 2 heterocycles. The van der Waals surface area contributed by atoms with Crippen LogP contribution in [0.5, 0.6) is 0 Å². The standard InChI is InChI=1S/C16H21N3O3S/c1-3-6-17-7-8-18-16(21)14-11(2)10-13(23-14)19-15(20)12-5-4-9-22-12/h4-5,9-10,17H,3,6-8H2,1-2H3,(H,18,21)(H,19,20). The highest BCUT2D eigenvalue weighted by molar-refractivity contribution is 7.18. The Hall–Kier alpha value is -2.12. The summed E-state index contributed by atoms with van der Waals surface area (Å²) >= 11 is 1.26. The Morgan fingerprint density at radius 2 is 2.04 bits per heavy atom. The van der Waals surface area contributed by atoms with E-state index in [1.54, 1.807) is 18.2 Å². The molecule has 124 valence electrons. The van der Waals surface area contributed by atoms with Gasteiger partial charge in [0.2, 0.25) is 0 Å². The van der Waals surface area contributed by atoms with Crippen molar-refractivity contribution in [3.63, 3.8) is 0 Å². The van der Waals surface area contributed by atoms with Gasteiger partial charge in [0.1, 0.15) is 0 Å². The normalized spacial score (nSPS) is 10.5. The van der Waals surface area contributed by atoms with E-state index in [0.29, 0.717) is 16.4 Å². The van der Waals surface area contributed by atoms with Crippen LogP contribution in [0.25, 0.3) is 0 Å². The van der Waals surface area contributed by atoms with Gasteiger partial charge < -0.3 is 20.4 Å². The molecule has 0 radical (unpaired) electrons. The maximum Gasteiger partial charge on any atom is 0.291 e. The number of carbonyl (C=O) groups is 2. The molecule has 3 N–H and O–H groups in total. The SMILES string of the molecule is CCCNCCNC(=O)c1sc(NC(=O)c2ccco2)cc1C. The summed E-state index contributed by atoms with van der Waals surface area (Å²) in [6, 6.07) is 5.03. The molecule has 2 amide bonds. The highest BCUT2D eigenvalue weighted by atomic mass is 32.1. The van der Waals surface area contributed by atoms with E-state index in [1.807, 2.05) is 6.92 Å². The van der Waals surface area contributed by atoms with Gasteiger partial charge in [-0.2, -0.15) is 0 Å². The molecule has 0 bridgehead atoms. The first-order valence-electron chi connectivity index (χ1n) is 7.56. The van der Waals surface area contributed by atoms with Crippen molar-refractivity contribution in [2.24, 2.45) is 0 Å². The lowest BCUT2D eigenvalue weighted by Crippen LogP contribution is -2.31. The number of hydrogen-bond donors (Lipinski definition) is 3. The minimum absolute atomic E-state index is 0.121. The van der Waals surface area contributed by atoms with E-state index in [-0.39, 0.29) is 17.6 Å². The first-order valence-corrected chi connectivity index (χ1v) is 8.37. The number of furan rings is 1. The second kappa shape index (κ2) is 8.50. The molecule has 2 rings (SSSR count). The van der Waals surface area contributed by atoms with Gasteiger partial charge in [-0.25, -0.2) is 0 Å². The third-order valence-corrected chi connectivity index (χ3v) is 4.27. The van der Waals surface area contributed by atoms with E-state index >= 15 is 0 Å². The lowest BCUT2D eigenvalue weighted by atomic mass is 10.3. The first-order chi connectivity index (χ1) is 11.1. The number of anilines is 1. The minimum atomic E-state index is -0.327. The summed E-state index contributed by atoms with van der Waals surface area (Å²) in [7, 11) is 0. The van der Waals surface area contributed by atoms with E-state index in [4.69, 9.17) is 4.42 Å². The van der Waals surface area contributed by atoms with Crippen LogP contribution >= 0.6 is 11.3 Å². The monoisotopic (exact) mass is 335 g/mol. The number of hydrogen-bond acceptors (Lipinski definition) is 5. The molecule has 2 aromatic heterocycles. The van der Waals surface area contributed by atoms with Crippen LogP contribution in [-0.2, 0) is 0 Å². The molecule has 23 heavy (non-hydrogen) atoms. The predicted molar refractivity (Wildman–Crippen MR) is 91.2 cm³/mol. The molecule has 0 atom stereocenters. The van der Waals surface area contributed by atoms with Gasteiger partial charge in [0, 0.05) is 13.1 Å². The van der Waals surface area contributed by atoms with Gasteiger partial charge in [-0.15, -0.1) is 11.3 Å². The van der Waals surface area contributed by atoms with Crippen molar-refractivity contribution in [1.29, 1.82) is 0 Å². The van der Waals surface area contributed by atoms with Crippen LogP contribution in [0.3, 0.4) is 0 Å². The zero-order valence-corrected chi connectivity index (χ0v) is 14.1. The Kier molecular flexibility index (Phi) is 6.37. The summed E-state index contributed by atoms with van der Waals surface area (Å²) in [5.74, 6) is -0.208. The van der Waals surface area contributed by atoms with Gasteiger partial charge in [0.15, 0.2) is 5.76 Å². The van der Waals surface area contributed by atoms with Gasteiger partial charge in [-0.1, -0.05) is 6.92 Å². The van der Waals surface area contributed by atoms with Gasteiger partial charge in [-0.3, -0.25) is 9.59 Å². The Morgan fingerprint density at radius 3 is 2.74 bits per heavy atom. The second-order valence-electron chi connectivity index (χ2n) is 5.06. The predicted octanol–water partition coefficient (Wildman–Crippen LogP) is 2.63. The van der Waals surface area contributed by atoms with Crippen molar-refractivity contribution in [3.05, 3.63) is 40.7 Å². The molecule has 7 heteroatoms. The quantitative estimate of drug-likeness (QED) is 0.648. The van der Waals surface area contributed by atoms with Crippen LogP contribution in [0.2, 0.25) is 0 Å². The Balaban J connectivity index is 1.89. The third kappa shape index (κ3) is 4.94. The zero-order valence-electron chi connectivity index (χ0n) is 13.3. The van der Waals surface area contributed by atoms with Crippen LogP contribution in [0.4, 0.5) is 5.00 Å². The lowest BCUT2D eigenvalue weighted by Gasteiger charge is -2.05. The maximum atomic E-state index is 12.2. The van der Waals surface area contributed by atoms with E-state index in [9.17, 15) is 9.59 Å². The highest BCUT2D eigenvalue weighted by Crippen LogP contribution is 2.27. The van der Waals surface area contributed by atoms with E-state index in [1.165, 1.54) is 17.6 Å². The van der Waals surface area contributed by atoms with Crippen molar-refractivity contribution in [2.75, 3.05) is 25.0 Å². The fourth-order valence-electron chi connectivity index (χ4n) is 2.00. The number of carbonyl (C=O) groups excluding carboxylic acids is 2. The number of thiophene rings is 1. The van der Waals surface area contributed by atoms with Crippen LogP contribution in [0.15, 0.2) is 28.9 Å². The lowest BCUT2D eigenvalue weighted by molar-refractivity contribution is 0.0956. The van der Waals surface area contributed by atoms with Crippen molar-refractivity contribution in [1.82, 2.24) is 10.6 Å². The summed E-state index contributed by atoms with van der Waals surface area (Å²) in [6.45, 7) is 6.20. The van der Waals surface area contributed by atoms with Gasteiger partial charge >= 0.3 is 0 Å². The van der Waals surface area contributed by atoms with Crippen LogP contribution < -0.4 is 16.0 Å². The van der Waals surface area contributed by atoms with Gasteiger partial charge in [0.25, 0.3) is 11.8 Å². The van der Waals surface area contributed by atoms with Crippen LogP contribution in [-0.4, -0.2) is 31.4 Å². The van der Waals surface area contributed by atoms with E-state index in [2.05, 4.69) is 22.9 Å². The number of amides is 2. The number of aryl methyl sites for hydroxylation is 1. The molecular formula is C16H21N3O3S. The number of rotatable bonds is 8. The molecule has 0 fully saturated rings. The fraction of sp³-hybridized carbons (Fsp3) is 0.375. The largest absolute Gasteiger partial charge is 0.459 e. The van der Waals surface area contributed by atoms with Crippen LogP contribution in [0, 0.1) is 6.92 Å². The summed E-state index contributed by atoms with van der Waals surface area (Å²) < 4.78 is 5.04. The molecule has 2 aromatic rings. The fourth-order valence-corrected chi connectivity index (χ4v) is 2.98. The highest BCUT2D eigenvalue weighted by Gasteiger charge is 2.16. The number of nitrogens with one attached hydrogen (secondary N) is 3. The molecule has 0 aliphatic heterocycles. The van der Waals surface area contributed by atoms with E-state index < -0.39 is 0 Å². The second-order valence-corrected chi connectivity index (χ2v) is 6.11. The summed E-state index contributed by atoms with van der Waals surface area (Å²) in [6.07, 6.45) is 2.51. The average molecular weight is 335 g/mol. The van der Waals surface area contributed by atoms with Crippen LogP contribution in [0.1, 0.15) is 39.1 Å². The van der Waals surface area contributed by atoms with Gasteiger partial charge in [0.05, 0.1) is 16.1 Å². The topological polar surface area (TPSA) is 83.4 Å². The Bertz CT molecular complexity index is 650. The van der Waals surface area contributed by atoms with Gasteiger partial charge in [-0.05, 0) is 43.7 Å². The maximum absolute atomic E-state index is 12.2. The summed E-state index contributed by atoms with van der Waals surface area (Å²) in [5.41, 5.74) is 0.837. The summed E-state index contributed by atoms with van der Waals surface area (Å²) in [4.78, 5) is 24.7. The first kappa shape index (κ1) is 17.2. The molecule has 0 aromatic carbocycles.